The maximum atomic E-state index is 5.99. The topological polar surface area (TPSA) is 38.4 Å². The van der Waals surface area contributed by atoms with Gasteiger partial charge in [-0.05, 0) is 23.8 Å². The molecule has 0 atom stereocenters. The highest BCUT2D eigenvalue weighted by Crippen LogP contribution is 2.29. The van der Waals surface area contributed by atoms with Gasteiger partial charge in [0.2, 0.25) is 0 Å². The normalized spacial score (nSPS) is 11.5. The van der Waals surface area contributed by atoms with E-state index in [0.29, 0.717) is 27.2 Å². The van der Waals surface area contributed by atoms with Crippen molar-refractivity contribution in [3.8, 4) is 0 Å². The minimum Gasteiger partial charge on any atom is -0.323 e. The smallest absolute Gasteiger partial charge is 0.0639 e. The monoisotopic (exact) mass is 262 g/mol. The molecule has 0 heterocycles. The van der Waals surface area contributed by atoms with Crippen LogP contribution in [0.3, 0.4) is 0 Å². The Bertz CT molecular complexity index is 390. The molecule has 1 aromatic rings. The number of hydrazone groups is 1. The standard InChI is InChI=1S/C10H9Cl3N2/c1-2-7(15-14)5-8-9(12)3-6(11)4-10(8)13/h2-4H,1,5,14H2/b15-7+. The summed E-state index contributed by atoms with van der Waals surface area (Å²) in [5, 5.41) is 5.05. The van der Waals surface area contributed by atoms with E-state index >= 15 is 0 Å². The van der Waals surface area contributed by atoms with Gasteiger partial charge in [0.05, 0.1) is 5.71 Å². The van der Waals surface area contributed by atoms with Crippen LogP contribution < -0.4 is 5.84 Å². The quantitative estimate of drug-likeness (QED) is 0.504. The average Bonchev–Trinajstić information content (AvgIpc) is 2.17. The molecule has 0 saturated carbocycles. The zero-order valence-electron chi connectivity index (χ0n) is 7.80. The molecule has 0 unspecified atom stereocenters. The third-order valence-corrected chi connectivity index (χ3v) is 2.76. The third kappa shape index (κ3) is 3.13. The van der Waals surface area contributed by atoms with Gasteiger partial charge in [0.1, 0.15) is 0 Å². The fraction of sp³-hybridized carbons (Fsp3) is 0.100. The van der Waals surface area contributed by atoms with E-state index in [1.807, 2.05) is 0 Å². The molecule has 0 saturated heterocycles. The molecule has 2 nitrogen and oxygen atoms in total. The number of allylic oxidation sites excluding steroid dienone is 1. The summed E-state index contributed by atoms with van der Waals surface area (Å²) in [5.74, 6) is 5.17. The van der Waals surface area contributed by atoms with Crippen molar-refractivity contribution in [2.75, 3.05) is 0 Å². The van der Waals surface area contributed by atoms with Crippen molar-refractivity contribution in [1.82, 2.24) is 0 Å². The number of nitrogens with two attached hydrogens (primary N) is 1. The largest absolute Gasteiger partial charge is 0.323 e. The highest BCUT2D eigenvalue weighted by atomic mass is 35.5. The molecule has 0 aliphatic rings. The molecule has 0 amide bonds. The Morgan fingerprint density at radius 1 is 1.33 bits per heavy atom. The zero-order chi connectivity index (χ0) is 11.4. The first-order chi connectivity index (χ1) is 7.08. The van der Waals surface area contributed by atoms with E-state index < -0.39 is 0 Å². The number of hydrogen-bond acceptors (Lipinski definition) is 2. The second-order valence-corrected chi connectivity index (χ2v) is 4.10. The lowest BCUT2D eigenvalue weighted by atomic mass is 10.1. The van der Waals surface area contributed by atoms with E-state index in [-0.39, 0.29) is 0 Å². The summed E-state index contributed by atoms with van der Waals surface area (Å²) in [6.07, 6.45) is 2.00. The van der Waals surface area contributed by atoms with Crippen LogP contribution in [0.15, 0.2) is 29.9 Å². The van der Waals surface area contributed by atoms with Gasteiger partial charge in [-0.25, -0.2) is 0 Å². The Labute approximate surface area is 103 Å². The second kappa shape index (κ2) is 5.40. The summed E-state index contributed by atoms with van der Waals surface area (Å²) in [6, 6.07) is 3.25. The predicted octanol–water partition coefficient (Wildman–Crippen LogP) is 3.69. The van der Waals surface area contributed by atoms with Crippen LogP contribution in [-0.4, -0.2) is 5.71 Å². The summed E-state index contributed by atoms with van der Waals surface area (Å²) < 4.78 is 0. The Balaban J connectivity index is 3.10. The maximum absolute atomic E-state index is 5.99. The summed E-state index contributed by atoms with van der Waals surface area (Å²) in [6.45, 7) is 3.58. The van der Waals surface area contributed by atoms with Crippen LogP contribution >= 0.6 is 34.8 Å². The van der Waals surface area contributed by atoms with Gasteiger partial charge < -0.3 is 5.84 Å². The molecule has 0 spiro atoms. The van der Waals surface area contributed by atoms with Crippen LogP contribution in [0.5, 0.6) is 0 Å². The molecule has 0 fully saturated rings. The van der Waals surface area contributed by atoms with Crippen LogP contribution in [0.4, 0.5) is 0 Å². The van der Waals surface area contributed by atoms with Crippen LogP contribution in [0, 0.1) is 0 Å². The van der Waals surface area contributed by atoms with Gasteiger partial charge in [0.25, 0.3) is 0 Å². The maximum Gasteiger partial charge on any atom is 0.0639 e. The van der Waals surface area contributed by atoms with E-state index in [1.165, 1.54) is 0 Å². The number of halogens is 3. The van der Waals surface area contributed by atoms with E-state index in [9.17, 15) is 0 Å². The molecule has 2 N–H and O–H groups in total. The molecule has 1 rings (SSSR count). The number of hydrogen-bond donors (Lipinski definition) is 1. The van der Waals surface area contributed by atoms with Gasteiger partial charge in [-0.1, -0.05) is 41.4 Å². The molecular formula is C10H9Cl3N2. The van der Waals surface area contributed by atoms with Crippen molar-refractivity contribution >= 4 is 40.5 Å². The van der Waals surface area contributed by atoms with Gasteiger partial charge >= 0.3 is 0 Å². The van der Waals surface area contributed by atoms with E-state index in [4.69, 9.17) is 40.6 Å². The van der Waals surface area contributed by atoms with Crippen molar-refractivity contribution < 1.29 is 0 Å². The van der Waals surface area contributed by atoms with Gasteiger partial charge in [-0.15, -0.1) is 0 Å². The lowest BCUT2D eigenvalue weighted by molar-refractivity contribution is 1.20. The lowest BCUT2D eigenvalue weighted by Gasteiger charge is -2.07. The predicted molar refractivity (Wildman–Crippen MR) is 67.0 cm³/mol. The zero-order valence-corrected chi connectivity index (χ0v) is 10.1. The Hall–Kier alpha value is -0.700. The average molecular weight is 264 g/mol. The van der Waals surface area contributed by atoms with E-state index in [1.54, 1.807) is 18.2 Å². The Morgan fingerprint density at radius 3 is 2.27 bits per heavy atom. The summed E-state index contributed by atoms with van der Waals surface area (Å²) >= 11 is 17.8. The molecule has 15 heavy (non-hydrogen) atoms. The van der Waals surface area contributed by atoms with Crippen molar-refractivity contribution in [2.45, 2.75) is 6.42 Å². The first kappa shape index (κ1) is 12.4. The number of benzene rings is 1. The first-order valence-corrected chi connectivity index (χ1v) is 5.24. The van der Waals surface area contributed by atoms with Gasteiger partial charge in [0.15, 0.2) is 0 Å². The molecule has 1 aromatic carbocycles. The van der Waals surface area contributed by atoms with Crippen LogP contribution in [0.2, 0.25) is 15.1 Å². The SMILES string of the molecule is C=C/C(Cc1c(Cl)cc(Cl)cc1Cl)=N\N. The van der Waals surface area contributed by atoms with Gasteiger partial charge in [-0.3, -0.25) is 0 Å². The molecular weight excluding hydrogens is 254 g/mol. The fourth-order valence-corrected chi connectivity index (χ4v) is 2.04. The molecule has 80 valence electrons. The molecule has 0 bridgehead atoms. The highest BCUT2D eigenvalue weighted by Gasteiger charge is 2.09. The summed E-state index contributed by atoms with van der Waals surface area (Å²) in [5.41, 5.74) is 1.35. The van der Waals surface area contributed by atoms with Crippen LogP contribution in [-0.2, 0) is 6.42 Å². The minimum atomic E-state index is 0.439. The fourth-order valence-electron chi connectivity index (χ4n) is 1.09. The number of rotatable bonds is 3. The summed E-state index contributed by atoms with van der Waals surface area (Å²) in [4.78, 5) is 0. The molecule has 0 radical (unpaired) electrons. The van der Waals surface area contributed by atoms with Crippen molar-refractivity contribution in [2.24, 2.45) is 10.9 Å². The van der Waals surface area contributed by atoms with Crippen molar-refractivity contribution in [3.05, 3.63) is 45.4 Å². The molecule has 0 aliphatic carbocycles. The van der Waals surface area contributed by atoms with Crippen LogP contribution in [0.1, 0.15) is 5.56 Å². The highest BCUT2D eigenvalue weighted by molar-refractivity contribution is 6.39. The van der Waals surface area contributed by atoms with Crippen molar-refractivity contribution in [3.63, 3.8) is 0 Å². The molecule has 0 aromatic heterocycles. The number of nitrogens with zero attached hydrogens (tertiary/aromatic N) is 1. The lowest BCUT2D eigenvalue weighted by Crippen LogP contribution is -2.03. The van der Waals surface area contributed by atoms with Gasteiger partial charge in [0, 0.05) is 21.5 Å². The van der Waals surface area contributed by atoms with Crippen LogP contribution in [0.25, 0.3) is 0 Å². The third-order valence-electron chi connectivity index (χ3n) is 1.87. The van der Waals surface area contributed by atoms with E-state index in [2.05, 4.69) is 11.7 Å². The Morgan fingerprint density at radius 2 is 1.87 bits per heavy atom. The van der Waals surface area contributed by atoms with Gasteiger partial charge in [-0.2, -0.15) is 5.10 Å². The Kier molecular flexibility index (Phi) is 4.45. The first-order valence-electron chi connectivity index (χ1n) is 4.11. The van der Waals surface area contributed by atoms with Crippen molar-refractivity contribution in [1.29, 1.82) is 0 Å². The summed E-state index contributed by atoms with van der Waals surface area (Å²) in [7, 11) is 0. The molecule has 0 aliphatic heterocycles. The molecule has 5 heteroatoms. The second-order valence-electron chi connectivity index (χ2n) is 2.85. The minimum absolute atomic E-state index is 0.439. The van der Waals surface area contributed by atoms with E-state index in [0.717, 1.165) is 5.56 Å².